The summed E-state index contributed by atoms with van der Waals surface area (Å²) < 4.78 is 0. The lowest BCUT2D eigenvalue weighted by molar-refractivity contribution is 0.829. The minimum absolute atomic E-state index is 0.0621. The van der Waals surface area contributed by atoms with Crippen molar-refractivity contribution in [2.75, 3.05) is 0 Å². The van der Waals surface area contributed by atoms with Crippen molar-refractivity contribution < 1.29 is 0 Å². The molecule has 2 aromatic rings. The highest BCUT2D eigenvalue weighted by atomic mass is 16.1. The minimum atomic E-state index is -0.0621. The first kappa shape index (κ1) is 11.2. The van der Waals surface area contributed by atoms with E-state index in [1.54, 1.807) is 0 Å². The normalized spacial score (nSPS) is 13.6. The molecule has 0 bridgehead atoms. The van der Waals surface area contributed by atoms with Gasteiger partial charge in [0.2, 0.25) is 0 Å². The zero-order valence-corrected chi connectivity index (χ0v) is 10.2. The molecule has 3 heteroatoms. The number of aryl methyl sites for hydroxylation is 2. The zero-order valence-electron chi connectivity index (χ0n) is 10.2. The van der Waals surface area contributed by atoms with Gasteiger partial charge in [-0.2, -0.15) is 0 Å². The van der Waals surface area contributed by atoms with Crippen molar-refractivity contribution in [3.63, 3.8) is 0 Å². The van der Waals surface area contributed by atoms with Crippen molar-refractivity contribution in [3.8, 4) is 11.3 Å². The Labute approximate surface area is 106 Å². The highest BCUT2D eigenvalue weighted by molar-refractivity contribution is 5.68. The molecule has 1 aliphatic carbocycles. The van der Waals surface area contributed by atoms with Crippen LogP contribution in [0.15, 0.2) is 35.1 Å². The van der Waals surface area contributed by atoms with E-state index in [0.717, 1.165) is 30.5 Å². The molecule has 0 saturated heterocycles. The molecular formula is C15H16N2O. The van der Waals surface area contributed by atoms with Crippen molar-refractivity contribution in [2.24, 2.45) is 5.73 Å². The first-order valence-corrected chi connectivity index (χ1v) is 6.33. The van der Waals surface area contributed by atoms with Crippen molar-refractivity contribution in [1.29, 1.82) is 0 Å². The molecule has 0 amide bonds. The van der Waals surface area contributed by atoms with Crippen LogP contribution in [0.1, 0.15) is 23.1 Å². The van der Waals surface area contributed by atoms with Crippen LogP contribution in [0.4, 0.5) is 0 Å². The number of pyridine rings is 1. The smallest absolute Gasteiger partial charge is 0.252 e. The predicted octanol–water partition coefficient (Wildman–Crippen LogP) is 1.99. The Kier molecular flexibility index (Phi) is 2.76. The maximum atomic E-state index is 11.9. The molecule has 3 N–H and O–H groups in total. The molecule has 3 rings (SSSR count). The molecule has 0 radical (unpaired) electrons. The molecule has 1 heterocycles. The van der Waals surface area contributed by atoms with Crippen molar-refractivity contribution in [1.82, 2.24) is 4.98 Å². The number of benzene rings is 1. The standard InChI is InChI=1S/C15H16N2O/c16-9-12-8-11-6-3-5-10-4-1-2-7-13(10)14(11)17-15(12)18/h1-2,4,7-8H,3,5-6,9,16H2,(H,17,18). The summed E-state index contributed by atoms with van der Waals surface area (Å²) in [4.78, 5) is 14.9. The molecule has 3 nitrogen and oxygen atoms in total. The molecule has 1 aliphatic rings. The fourth-order valence-electron chi connectivity index (χ4n) is 2.66. The summed E-state index contributed by atoms with van der Waals surface area (Å²) >= 11 is 0. The third-order valence-electron chi connectivity index (χ3n) is 3.60. The molecule has 92 valence electrons. The maximum absolute atomic E-state index is 11.9. The molecular weight excluding hydrogens is 224 g/mol. The fraction of sp³-hybridized carbons (Fsp3) is 0.267. The predicted molar refractivity (Wildman–Crippen MR) is 72.4 cm³/mol. The number of fused-ring (bicyclic) bond motifs is 3. The Balaban J connectivity index is 2.27. The third-order valence-corrected chi connectivity index (χ3v) is 3.60. The molecule has 0 aliphatic heterocycles. The average Bonchev–Trinajstić information content (AvgIpc) is 2.57. The van der Waals surface area contributed by atoms with E-state index >= 15 is 0 Å². The second-order valence-corrected chi connectivity index (χ2v) is 4.74. The van der Waals surface area contributed by atoms with Crippen LogP contribution in [0.5, 0.6) is 0 Å². The summed E-state index contributed by atoms with van der Waals surface area (Å²) in [7, 11) is 0. The van der Waals surface area contributed by atoms with Gasteiger partial charge in [-0.3, -0.25) is 4.79 Å². The van der Waals surface area contributed by atoms with E-state index in [1.165, 1.54) is 11.1 Å². The van der Waals surface area contributed by atoms with Gasteiger partial charge in [-0.25, -0.2) is 0 Å². The molecule has 0 fully saturated rings. The van der Waals surface area contributed by atoms with Crippen LogP contribution in [0, 0.1) is 0 Å². The number of aromatic nitrogens is 1. The number of hydrogen-bond acceptors (Lipinski definition) is 2. The molecule has 0 saturated carbocycles. The number of rotatable bonds is 1. The van der Waals surface area contributed by atoms with Gasteiger partial charge in [0.05, 0.1) is 5.69 Å². The summed E-state index contributed by atoms with van der Waals surface area (Å²) in [5.41, 5.74) is 10.9. The van der Waals surface area contributed by atoms with Crippen molar-refractivity contribution in [2.45, 2.75) is 25.8 Å². The van der Waals surface area contributed by atoms with Crippen LogP contribution < -0.4 is 11.3 Å². The number of H-pyrrole nitrogens is 1. The number of nitrogens with two attached hydrogens (primary N) is 1. The molecule has 1 aromatic carbocycles. The van der Waals surface area contributed by atoms with Crippen LogP contribution >= 0.6 is 0 Å². The Hall–Kier alpha value is -1.87. The van der Waals surface area contributed by atoms with E-state index in [9.17, 15) is 4.79 Å². The SMILES string of the molecule is NCc1cc2c([nH]c1=O)-c1ccccc1CCC2. The van der Waals surface area contributed by atoms with Crippen LogP contribution in [-0.2, 0) is 19.4 Å². The lowest BCUT2D eigenvalue weighted by Crippen LogP contribution is -2.17. The lowest BCUT2D eigenvalue weighted by atomic mass is 10.0. The van der Waals surface area contributed by atoms with E-state index < -0.39 is 0 Å². The van der Waals surface area contributed by atoms with Crippen LogP contribution in [0.25, 0.3) is 11.3 Å². The Bertz CT molecular complexity index is 643. The Morgan fingerprint density at radius 2 is 1.94 bits per heavy atom. The average molecular weight is 240 g/mol. The van der Waals surface area contributed by atoms with E-state index in [1.807, 2.05) is 12.1 Å². The first-order chi connectivity index (χ1) is 8.79. The summed E-state index contributed by atoms with van der Waals surface area (Å²) in [6, 6.07) is 10.3. The summed E-state index contributed by atoms with van der Waals surface area (Å²) in [5, 5.41) is 0. The number of nitrogens with one attached hydrogen (secondary N) is 1. The Morgan fingerprint density at radius 3 is 2.78 bits per heavy atom. The number of aromatic amines is 1. The second-order valence-electron chi connectivity index (χ2n) is 4.74. The highest BCUT2D eigenvalue weighted by Gasteiger charge is 2.15. The third kappa shape index (κ3) is 1.77. The molecule has 0 unspecified atom stereocenters. The summed E-state index contributed by atoms with van der Waals surface area (Å²) in [5.74, 6) is 0. The highest BCUT2D eigenvalue weighted by Crippen LogP contribution is 2.30. The maximum Gasteiger partial charge on any atom is 0.252 e. The molecule has 18 heavy (non-hydrogen) atoms. The topological polar surface area (TPSA) is 58.9 Å². The number of hydrogen-bond donors (Lipinski definition) is 2. The largest absolute Gasteiger partial charge is 0.326 e. The van der Waals surface area contributed by atoms with Gasteiger partial charge in [0.15, 0.2) is 0 Å². The van der Waals surface area contributed by atoms with Gasteiger partial charge >= 0.3 is 0 Å². The fourth-order valence-corrected chi connectivity index (χ4v) is 2.66. The quantitative estimate of drug-likeness (QED) is 0.800. The van der Waals surface area contributed by atoms with E-state index in [2.05, 4.69) is 23.2 Å². The monoisotopic (exact) mass is 240 g/mol. The van der Waals surface area contributed by atoms with Crippen molar-refractivity contribution >= 4 is 0 Å². The molecule has 0 atom stereocenters. The molecule has 0 spiro atoms. The molecule has 1 aromatic heterocycles. The zero-order chi connectivity index (χ0) is 12.5. The van der Waals surface area contributed by atoms with Gasteiger partial charge in [-0.15, -0.1) is 0 Å². The van der Waals surface area contributed by atoms with Gasteiger partial charge in [-0.05, 0) is 36.5 Å². The lowest BCUT2D eigenvalue weighted by Gasteiger charge is -2.10. The van der Waals surface area contributed by atoms with E-state index in [-0.39, 0.29) is 5.56 Å². The van der Waals surface area contributed by atoms with Gasteiger partial charge < -0.3 is 10.7 Å². The van der Waals surface area contributed by atoms with E-state index in [0.29, 0.717) is 12.1 Å². The second kappa shape index (κ2) is 4.42. The van der Waals surface area contributed by atoms with Crippen molar-refractivity contribution in [3.05, 3.63) is 57.4 Å². The van der Waals surface area contributed by atoms with Crippen LogP contribution in [0.3, 0.4) is 0 Å². The summed E-state index contributed by atoms with van der Waals surface area (Å²) in [6.07, 6.45) is 3.17. The van der Waals surface area contributed by atoms with Crippen LogP contribution in [0.2, 0.25) is 0 Å². The van der Waals surface area contributed by atoms with Gasteiger partial charge in [0.25, 0.3) is 5.56 Å². The van der Waals surface area contributed by atoms with Gasteiger partial charge in [0, 0.05) is 17.7 Å². The van der Waals surface area contributed by atoms with Gasteiger partial charge in [-0.1, -0.05) is 24.3 Å². The Morgan fingerprint density at radius 1 is 1.17 bits per heavy atom. The van der Waals surface area contributed by atoms with E-state index in [4.69, 9.17) is 5.73 Å². The van der Waals surface area contributed by atoms with Crippen LogP contribution in [-0.4, -0.2) is 4.98 Å². The van der Waals surface area contributed by atoms with Gasteiger partial charge in [0.1, 0.15) is 0 Å². The minimum Gasteiger partial charge on any atom is -0.326 e. The first-order valence-electron chi connectivity index (χ1n) is 6.33. The summed E-state index contributed by atoms with van der Waals surface area (Å²) in [6.45, 7) is 0.296.